The molecule has 0 unspecified atom stereocenters. The van der Waals surface area contributed by atoms with Gasteiger partial charge in [0.2, 0.25) is 0 Å². The van der Waals surface area contributed by atoms with Gasteiger partial charge in [-0.1, -0.05) is 48.5 Å². The minimum Gasteiger partial charge on any atom is -0.386 e. The molecule has 3 rings (SSSR count). The van der Waals surface area contributed by atoms with Crippen LogP contribution < -0.4 is 10.2 Å². The predicted molar refractivity (Wildman–Crippen MR) is 123 cm³/mol. The number of aliphatic hydroxyl groups excluding tert-OH is 1. The van der Waals surface area contributed by atoms with Crippen LogP contribution in [0.3, 0.4) is 0 Å². The first-order chi connectivity index (χ1) is 14.5. The molecule has 2 amide bonds. The number of hydrogen-bond acceptors (Lipinski definition) is 3. The van der Waals surface area contributed by atoms with E-state index in [2.05, 4.69) is 29.3 Å². The van der Waals surface area contributed by atoms with Crippen LogP contribution in [-0.4, -0.2) is 35.7 Å². The quantitative estimate of drug-likeness (QED) is 0.553. The summed E-state index contributed by atoms with van der Waals surface area (Å²) < 4.78 is 0. The molecular formula is C25H29N3O2. The molecule has 0 aromatic heterocycles. The molecule has 0 aliphatic carbocycles. The van der Waals surface area contributed by atoms with Gasteiger partial charge in [0.1, 0.15) is 0 Å². The number of para-hydroxylation sites is 1. The van der Waals surface area contributed by atoms with E-state index in [4.69, 9.17) is 0 Å². The van der Waals surface area contributed by atoms with E-state index in [1.165, 1.54) is 4.90 Å². The number of likely N-dealkylation sites (N-methyl/N-ethyl adjacent to an activating group) is 1. The summed E-state index contributed by atoms with van der Waals surface area (Å²) in [5, 5.41) is 13.5. The summed E-state index contributed by atoms with van der Waals surface area (Å²) in [6, 6.07) is 26.7. The maximum Gasteiger partial charge on any atom is 0.321 e. The number of nitrogens with zero attached hydrogens (tertiary/aromatic N) is 2. The molecular weight excluding hydrogens is 374 g/mol. The summed E-state index contributed by atoms with van der Waals surface area (Å²) in [4.78, 5) is 16.4. The number of anilines is 3. The Morgan fingerprint density at radius 1 is 0.900 bits per heavy atom. The molecule has 3 aromatic rings. The van der Waals surface area contributed by atoms with Crippen LogP contribution in [0.2, 0.25) is 0 Å². The largest absolute Gasteiger partial charge is 0.386 e. The Hall–Kier alpha value is -3.31. The molecule has 0 saturated carbocycles. The number of aliphatic hydroxyl groups is 1. The van der Waals surface area contributed by atoms with Crippen LogP contribution in [0.1, 0.15) is 25.5 Å². The summed E-state index contributed by atoms with van der Waals surface area (Å²) in [5.41, 5.74) is 3.68. The minimum absolute atomic E-state index is 0.263. The SMILES string of the molecule is CCN(c1ccccc1)c1ccc(NC(=O)N(C)[C@H](C)[C@@H](O)c2ccccc2)cc1. The number of carbonyl (C=O) groups excluding carboxylic acids is 1. The molecule has 30 heavy (non-hydrogen) atoms. The first-order valence-electron chi connectivity index (χ1n) is 10.2. The van der Waals surface area contributed by atoms with Crippen LogP contribution in [0.5, 0.6) is 0 Å². The Morgan fingerprint density at radius 3 is 2.00 bits per heavy atom. The average Bonchev–Trinajstić information content (AvgIpc) is 2.80. The molecule has 0 radical (unpaired) electrons. The third kappa shape index (κ3) is 4.99. The molecule has 5 heteroatoms. The van der Waals surface area contributed by atoms with E-state index in [1.807, 2.05) is 79.7 Å². The average molecular weight is 404 g/mol. The molecule has 0 aliphatic heterocycles. The van der Waals surface area contributed by atoms with Gasteiger partial charge >= 0.3 is 6.03 Å². The predicted octanol–water partition coefficient (Wildman–Crippen LogP) is 5.43. The van der Waals surface area contributed by atoms with Crippen LogP contribution in [-0.2, 0) is 0 Å². The fourth-order valence-corrected chi connectivity index (χ4v) is 3.38. The second-order valence-electron chi connectivity index (χ2n) is 7.26. The molecule has 2 N–H and O–H groups in total. The lowest BCUT2D eigenvalue weighted by molar-refractivity contribution is 0.0894. The van der Waals surface area contributed by atoms with Crippen molar-refractivity contribution in [3.63, 3.8) is 0 Å². The van der Waals surface area contributed by atoms with Gasteiger partial charge in [-0.25, -0.2) is 4.79 Å². The summed E-state index contributed by atoms with van der Waals surface area (Å²) in [5.74, 6) is 0. The number of benzene rings is 3. The maximum atomic E-state index is 12.7. The van der Waals surface area contributed by atoms with Gasteiger partial charge in [0, 0.05) is 30.7 Å². The van der Waals surface area contributed by atoms with Gasteiger partial charge in [-0.05, 0) is 55.8 Å². The Bertz CT molecular complexity index is 930. The zero-order valence-electron chi connectivity index (χ0n) is 17.7. The second kappa shape index (κ2) is 9.94. The molecule has 5 nitrogen and oxygen atoms in total. The molecule has 0 saturated heterocycles. The molecule has 156 valence electrons. The van der Waals surface area contributed by atoms with E-state index < -0.39 is 6.10 Å². The molecule has 3 aromatic carbocycles. The first-order valence-corrected chi connectivity index (χ1v) is 10.2. The normalized spacial score (nSPS) is 12.7. The van der Waals surface area contributed by atoms with Crippen molar-refractivity contribution in [2.45, 2.75) is 26.0 Å². The highest BCUT2D eigenvalue weighted by atomic mass is 16.3. The lowest BCUT2D eigenvalue weighted by Gasteiger charge is -2.29. The Balaban J connectivity index is 1.65. The van der Waals surface area contributed by atoms with Crippen LogP contribution in [0.15, 0.2) is 84.9 Å². The Morgan fingerprint density at radius 2 is 1.43 bits per heavy atom. The van der Waals surface area contributed by atoms with E-state index in [9.17, 15) is 9.90 Å². The van der Waals surface area contributed by atoms with E-state index in [0.717, 1.165) is 23.5 Å². The summed E-state index contributed by atoms with van der Waals surface area (Å²) in [6.45, 7) is 4.78. The standard InChI is InChI=1S/C25H29N3O2/c1-4-28(22-13-9-6-10-14-22)23-17-15-21(16-18-23)26-25(30)27(3)19(2)24(29)20-11-7-5-8-12-20/h5-19,24,29H,4H2,1-3H3,(H,26,30)/t19-,24-/m1/s1. The van der Waals surface area contributed by atoms with Crippen LogP contribution in [0.25, 0.3) is 0 Å². The van der Waals surface area contributed by atoms with Crippen molar-refractivity contribution >= 4 is 23.1 Å². The van der Waals surface area contributed by atoms with Crippen molar-refractivity contribution in [1.82, 2.24) is 4.90 Å². The van der Waals surface area contributed by atoms with Crippen molar-refractivity contribution < 1.29 is 9.90 Å². The topological polar surface area (TPSA) is 55.8 Å². The fraction of sp³-hybridized carbons (Fsp3) is 0.240. The lowest BCUT2D eigenvalue weighted by atomic mass is 10.0. The lowest BCUT2D eigenvalue weighted by Crippen LogP contribution is -2.41. The number of urea groups is 1. The molecule has 0 bridgehead atoms. The van der Waals surface area contributed by atoms with E-state index in [1.54, 1.807) is 7.05 Å². The minimum atomic E-state index is -0.756. The summed E-state index contributed by atoms with van der Waals surface area (Å²) in [7, 11) is 1.69. The van der Waals surface area contributed by atoms with Gasteiger partial charge in [-0.3, -0.25) is 0 Å². The van der Waals surface area contributed by atoms with E-state index in [-0.39, 0.29) is 12.1 Å². The van der Waals surface area contributed by atoms with Crippen molar-refractivity contribution in [3.8, 4) is 0 Å². The molecule has 0 spiro atoms. The van der Waals surface area contributed by atoms with Crippen molar-refractivity contribution in [2.24, 2.45) is 0 Å². The Kier molecular flexibility index (Phi) is 7.09. The third-order valence-corrected chi connectivity index (χ3v) is 5.34. The van der Waals surface area contributed by atoms with E-state index >= 15 is 0 Å². The number of hydrogen-bond donors (Lipinski definition) is 2. The molecule has 0 aliphatic rings. The number of amides is 2. The van der Waals surface area contributed by atoms with Gasteiger partial charge in [0.15, 0.2) is 0 Å². The van der Waals surface area contributed by atoms with Crippen molar-refractivity contribution in [2.75, 3.05) is 23.8 Å². The second-order valence-corrected chi connectivity index (χ2v) is 7.26. The Labute approximate surface area is 178 Å². The van der Waals surface area contributed by atoms with E-state index in [0.29, 0.717) is 5.69 Å². The molecule has 2 atom stereocenters. The highest BCUT2D eigenvalue weighted by molar-refractivity contribution is 5.89. The highest BCUT2D eigenvalue weighted by Gasteiger charge is 2.24. The number of nitrogens with one attached hydrogen (secondary N) is 1. The van der Waals surface area contributed by atoms with Gasteiger partial charge in [0.25, 0.3) is 0 Å². The summed E-state index contributed by atoms with van der Waals surface area (Å²) >= 11 is 0. The van der Waals surface area contributed by atoms with Gasteiger partial charge in [-0.2, -0.15) is 0 Å². The fourth-order valence-electron chi connectivity index (χ4n) is 3.38. The van der Waals surface area contributed by atoms with Crippen molar-refractivity contribution in [1.29, 1.82) is 0 Å². The first kappa shape index (κ1) is 21.4. The summed E-state index contributed by atoms with van der Waals surface area (Å²) in [6.07, 6.45) is -0.756. The highest BCUT2D eigenvalue weighted by Crippen LogP contribution is 2.26. The van der Waals surface area contributed by atoms with Crippen LogP contribution in [0, 0.1) is 0 Å². The number of rotatable bonds is 7. The monoisotopic (exact) mass is 403 g/mol. The zero-order chi connectivity index (χ0) is 21.5. The van der Waals surface area contributed by atoms with Crippen LogP contribution >= 0.6 is 0 Å². The smallest absolute Gasteiger partial charge is 0.321 e. The van der Waals surface area contributed by atoms with Gasteiger partial charge in [-0.15, -0.1) is 0 Å². The van der Waals surface area contributed by atoms with Crippen LogP contribution in [0.4, 0.5) is 21.9 Å². The van der Waals surface area contributed by atoms with Gasteiger partial charge in [0.05, 0.1) is 12.1 Å². The zero-order valence-corrected chi connectivity index (χ0v) is 17.7. The molecule has 0 fully saturated rings. The van der Waals surface area contributed by atoms with Crippen molar-refractivity contribution in [3.05, 3.63) is 90.5 Å². The number of carbonyl (C=O) groups is 1. The van der Waals surface area contributed by atoms with Gasteiger partial charge < -0.3 is 20.2 Å². The molecule has 0 heterocycles. The maximum absolute atomic E-state index is 12.7. The third-order valence-electron chi connectivity index (χ3n) is 5.34.